The third kappa shape index (κ3) is 5.50. The fourth-order valence-corrected chi connectivity index (χ4v) is 0.426. The van der Waals surface area contributed by atoms with Crippen LogP contribution in [0.2, 0.25) is 0 Å². The molecule has 48 valence electrons. The number of hydrogen-bond donors (Lipinski definition) is 2. The van der Waals surface area contributed by atoms with Gasteiger partial charge in [-0.15, -0.1) is 0 Å². The molecule has 0 rings (SSSR count). The monoisotopic (exact) mass is 114 g/mol. The van der Waals surface area contributed by atoms with Crippen LogP contribution in [0.3, 0.4) is 0 Å². The van der Waals surface area contributed by atoms with E-state index < -0.39 is 0 Å². The fourth-order valence-electron chi connectivity index (χ4n) is 0.426. The van der Waals surface area contributed by atoms with Crippen molar-refractivity contribution in [1.29, 1.82) is 0 Å². The largest absolute Gasteiger partial charge is 0.401 e. The maximum Gasteiger partial charge on any atom is 0.0345 e. The molecule has 0 fully saturated rings. The zero-order valence-corrected chi connectivity index (χ0v) is 5.41. The topological polar surface area (TPSA) is 38.0 Å². The molecular formula is C6H14N2. The Kier molecular flexibility index (Phi) is 4.36. The summed E-state index contributed by atoms with van der Waals surface area (Å²) in [6.07, 6.45) is 1.15. The molecule has 2 heteroatoms. The van der Waals surface area contributed by atoms with Gasteiger partial charge < -0.3 is 11.1 Å². The number of nitrogens with one attached hydrogen (secondary N) is 1. The molecule has 0 aromatic rings. The summed E-state index contributed by atoms with van der Waals surface area (Å²) in [5.74, 6) is 0. The van der Waals surface area contributed by atoms with Crippen LogP contribution in [0.5, 0.6) is 0 Å². The fraction of sp³-hybridized carbons (Fsp3) is 0.667. The lowest BCUT2D eigenvalue weighted by Gasteiger charge is -1.99. The predicted molar refractivity (Wildman–Crippen MR) is 36.5 cm³/mol. The molecule has 0 bridgehead atoms. The van der Waals surface area contributed by atoms with Crippen molar-refractivity contribution in [2.75, 3.05) is 13.1 Å². The van der Waals surface area contributed by atoms with Crippen molar-refractivity contribution in [3.05, 3.63) is 12.3 Å². The molecule has 0 aromatic carbocycles. The Bertz CT molecular complexity index is 68.9. The Hall–Kier alpha value is -0.500. The predicted octanol–water partition coefficient (Wildman–Crippen LogP) is 0.458. The highest BCUT2D eigenvalue weighted by atomic mass is 14.9. The van der Waals surface area contributed by atoms with E-state index >= 15 is 0 Å². The summed E-state index contributed by atoms with van der Waals surface area (Å²) in [5, 5.41) is 3.11. The van der Waals surface area contributed by atoms with Crippen molar-refractivity contribution in [2.45, 2.75) is 13.3 Å². The summed E-state index contributed by atoms with van der Waals surface area (Å²) >= 11 is 0. The Morgan fingerprint density at radius 2 is 2.38 bits per heavy atom. The van der Waals surface area contributed by atoms with E-state index in [9.17, 15) is 0 Å². The van der Waals surface area contributed by atoms with Crippen molar-refractivity contribution < 1.29 is 0 Å². The zero-order valence-electron chi connectivity index (χ0n) is 5.41. The lowest BCUT2D eigenvalue weighted by Crippen LogP contribution is -2.20. The molecule has 0 saturated heterocycles. The van der Waals surface area contributed by atoms with E-state index in [0.717, 1.165) is 19.5 Å². The van der Waals surface area contributed by atoms with Crippen LogP contribution in [0, 0.1) is 0 Å². The normalized spacial score (nSPS) is 9.12. The summed E-state index contributed by atoms with van der Waals surface area (Å²) in [6, 6.07) is 0. The van der Waals surface area contributed by atoms with Gasteiger partial charge in [-0.05, 0) is 13.0 Å². The van der Waals surface area contributed by atoms with Gasteiger partial charge in [0.25, 0.3) is 0 Å². The quantitative estimate of drug-likeness (QED) is 0.521. The summed E-state index contributed by atoms with van der Waals surface area (Å²) in [6.45, 7) is 7.43. The van der Waals surface area contributed by atoms with E-state index in [-0.39, 0.29) is 0 Å². The van der Waals surface area contributed by atoms with Crippen LogP contribution in [-0.4, -0.2) is 13.1 Å². The van der Waals surface area contributed by atoms with Crippen LogP contribution in [0.15, 0.2) is 12.3 Å². The van der Waals surface area contributed by atoms with Gasteiger partial charge in [0, 0.05) is 12.2 Å². The highest BCUT2D eigenvalue weighted by Gasteiger charge is 1.81. The molecule has 0 aliphatic carbocycles. The van der Waals surface area contributed by atoms with Gasteiger partial charge in [0.15, 0.2) is 0 Å². The molecule has 3 N–H and O–H groups in total. The molecule has 0 heterocycles. The van der Waals surface area contributed by atoms with Crippen molar-refractivity contribution in [2.24, 2.45) is 5.73 Å². The molecule has 0 spiro atoms. The van der Waals surface area contributed by atoms with Crippen molar-refractivity contribution >= 4 is 0 Å². The minimum atomic E-state index is 0.707. The van der Waals surface area contributed by atoms with Gasteiger partial charge in [0.2, 0.25) is 0 Å². The Labute approximate surface area is 50.8 Å². The second kappa shape index (κ2) is 4.65. The van der Waals surface area contributed by atoms with Crippen LogP contribution in [0.4, 0.5) is 0 Å². The molecule has 0 radical (unpaired) electrons. The van der Waals surface area contributed by atoms with E-state index in [4.69, 9.17) is 5.73 Å². The molecule has 0 aliphatic rings. The van der Waals surface area contributed by atoms with Crippen molar-refractivity contribution in [3.8, 4) is 0 Å². The van der Waals surface area contributed by atoms with E-state index in [1.807, 2.05) is 0 Å². The molecular weight excluding hydrogens is 100 g/mol. The number of nitrogens with two attached hydrogens (primary N) is 1. The lowest BCUT2D eigenvalue weighted by atomic mass is 10.4. The van der Waals surface area contributed by atoms with Crippen LogP contribution in [-0.2, 0) is 0 Å². The maximum atomic E-state index is 5.28. The number of hydrogen-bond acceptors (Lipinski definition) is 2. The second-order valence-corrected chi connectivity index (χ2v) is 1.84. The Morgan fingerprint density at radius 1 is 1.75 bits per heavy atom. The van der Waals surface area contributed by atoms with E-state index in [2.05, 4.69) is 18.8 Å². The first-order valence-electron chi connectivity index (χ1n) is 2.91. The molecule has 2 nitrogen and oxygen atoms in total. The van der Waals surface area contributed by atoms with Crippen LogP contribution in [0.1, 0.15) is 13.3 Å². The Balaban J connectivity index is 2.82. The SMILES string of the molecule is C=C(N)CNCCC. The first kappa shape index (κ1) is 7.50. The van der Waals surface area contributed by atoms with Gasteiger partial charge in [-0.1, -0.05) is 13.5 Å². The van der Waals surface area contributed by atoms with Crippen LogP contribution >= 0.6 is 0 Å². The van der Waals surface area contributed by atoms with Gasteiger partial charge >= 0.3 is 0 Å². The number of rotatable bonds is 4. The lowest BCUT2D eigenvalue weighted by molar-refractivity contribution is 0.712. The van der Waals surface area contributed by atoms with Gasteiger partial charge in [-0.25, -0.2) is 0 Å². The molecule has 0 aromatic heterocycles. The second-order valence-electron chi connectivity index (χ2n) is 1.84. The summed E-state index contributed by atoms with van der Waals surface area (Å²) < 4.78 is 0. The minimum Gasteiger partial charge on any atom is -0.401 e. The van der Waals surface area contributed by atoms with Crippen molar-refractivity contribution in [1.82, 2.24) is 5.32 Å². The first-order valence-corrected chi connectivity index (χ1v) is 2.91. The van der Waals surface area contributed by atoms with E-state index in [1.54, 1.807) is 0 Å². The first-order chi connectivity index (χ1) is 3.77. The molecule has 0 aliphatic heterocycles. The van der Waals surface area contributed by atoms with Gasteiger partial charge in [0.1, 0.15) is 0 Å². The van der Waals surface area contributed by atoms with E-state index in [0.29, 0.717) is 5.70 Å². The van der Waals surface area contributed by atoms with E-state index in [1.165, 1.54) is 0 Å². The summed E-state index contributed by atoms with van der Waals surface area (Å²) in [5.41, 5.74) is 5.98. The molecule has 0 amide bonds. The van der Waals surface area contributed by atoms with Crippen LogP contribution < -0.4 is 11.1 Å². The molecule has 0 unspecified atom stereocenters. The average molecular weight is 114 g/mol. The summed E-state index contributed by atoms with van der Waals surface area (Å²) in [7, 11) is 0. The van der Waals surface area contributed by atoms with Gasteiger partial charge in [0.05, 0.1) is 0 Å². The van der Waals surface area contributed by atoms with Crippen molar-refractivity contribution in [3.63, 3.8) is 0 Å². The highest BCUT2D eigenvalue weighted by Crippen LogP contribution is 1.72. The van der Waals surface area contributed by atoms with Gasteiger partial charge in [-0.3, -0.25) is 0 Å². The maximum absolute atomic E-state index is 5.28. The third-order valence-corrected chi connectivity index (χ3v) is 0.779. The highest BCUT2D eigenvalue weighted by molar-refractivity contribution is 4.88. The third-order valence-electron chi connectivity index (χ3n) is 0.779. The Morgan fingerprint density at radius 3 is 2.75 bits per heavy atom. The van der Waals surface area contributed by atoms with Crippen LogP contribution in [0.25, 0.3) is 0 Å². The summed E-state index contributed by atoms with van der Waals surface area (Å²) in [4.78, 5) is 0. The standard InChI is InChI=1S/C6H14N2/c1-3-4-8-5-6(2)7/h8H,2-5,7H2,1H3. The van der Waals surface area contributed by atoms with Gasteiger partial charge in [-0.2, -0.15) is 0 Å². The smallest absolute Gasteiger partial charge is 0.0345 e. The molecule has 0 saturated carbocycles. The average Bonchev–Trinajstić information content (AvgIpc) is 1.66. The zero-order chi connectivity index (χ0) is 6.41. The molecule has 8 heavy (non-hydrogen) atoms. The molecule has 0 atom stereocenters. The minimum absolute atomic E-state index is 0.707.